The summed E-state index contributed by atoms with van der Waals surface area (Å²) in [5.74, 6) is 0.873. The van der Waals surface area contributed by atoms with Crippen LogP contribution in [0.25, 0.3) is 0 Å². The average molecular weight is 265 g/mol. The number of carbonyl (C=O) groups excluding carboxylic acids is 1. The average Bonchev–Trinajstić information content (AvgIpc) is 2.37. The van der Waals surface area contributed by atoms with E-state index in [9.17, 15) is 4.79 Å². The zero-order chi connectivity index (χ0) is 14.3. The SMILES string of the molecule is COC(=O)c1cncc(NC(C)CCCC(C)C)n1. The summed E-state index contributed by atoms with van der Waals surface area (Å²) < 4.78 is 4.62. The van der Waals surface area contributed by atoms with E-state index in [0.29, 0.717) is 11.9 Å². The van der Waals surface area contributed by atoms with Crippen LogP contribution in [0.15, 0.2) is 12.4 Å². The highest BCUT2D eigenvalue weighted by atomic mass is 16.5. The van der Waals surface area contributed by atoms with Gasteiger partial charge >= 0.3 is 5.97 Å². The molecule has 1 unspecified atom stereocenters. The van der Waals surface area contributed by atoms with Crippen molar-refractivity contribution in [2.45, 2.75) is 46.1 Å². The first-order valence-corrected chi connectivity index (χ1v) is 6.69. The smallest absolute Gasteiger partial charge is 0.358 e. The number of nitrogens with one attached hydrogen (secondary N) is 1. The molecule has 1 heterocycles. The summed E-state index contributed by atoms with van der Waals surface area (Å²) in [6.07, 6.45) is 6.49. The Balaban J connectivity index is 2.50. The first-order chi connectivity index (χ1) is 9.02. The van der Waals surface area contributed by atoms with Crippen molar-refractivity contribution < 1.29 is 9.53 Å². The summed E-state index contributed by atoms with van der Waals surface area (Å²) in [5.41, 5.74) is 0.224. The second-order valence-corrected chi connectivity index (χ2v) is 5.15. The van der Waals surface area contributed by atoms with Crippen molar-refractivity contribution in [3.8, 4) is 0 Å². The van der Waals surface area contributed by atoms with Crippen LogP contribution in [-0.4, -0.2) is 29.1 Å². The summed E-state index contributed by atoms with van der Waals surface area (Å²) >= 11 is 0. The molecule has 0 bridgehead atoms. The van der Waals surface area contributed by atoms with Crippen LogP contribution in [0.5, 0.6) is 0 Å². The third-order valence-corrected chi connectivity index (χ3v) is 2.84. The molecule has 1 atom stereocenters. The summed E-state index contributed by atoms with van der Waals surface area (Å²) in [6.45, 7) is 6.56. The van der Waals surface area contributed by atoms with Crippen LogP contribution in [0.2, 0.25) is 0 Å². The fourth-order valence-electron chi connectivity index (χ4n) is 1.80. The lowest BCUT2D eigenvalue weighted by atomic mass is 10.0. The summed E-state index contributed by atoms with van der Waals surface area (Å²) in [5, 5.41) is 3.25. The molecule has 0 aliphatic heterocycles. The number of hydrogen-bond acceptors (Lipinski definition) is 5. The van der Waals surface area contributed by atoms with E-state index >= 15 is 0 Å². The lowest BCUT2D eigenvalue weighted by Crippen LogP contribution is -2.17. The molecule has 0 radical (unpaired) electrons. The van der Waals surface area contributed by atoms with Crippen LogP contribution in [0.3, 0.4) is 0 Å². The maximum atomic E-state index is 11.3. The van der Waals surface area contributed by atoms with Gasteiger partial charge in [-0.15, -0.1) is 0 Å². The monoisotopic (exact) mass is 265 g/mol. The number of anilines is 1. The Hall–Kier alpha value is -1.65. The largest absolute Gasteiger partial charge is 0.464 e. The highest BCUT2D eigenvalue weighted by molar-refractivity contribution is 5.87. The topological polar surface area (TPSA) is 64.1 Å². The van der Waals surface area contributed by atoms with Crippen molar-refractivity contribution in [2.75, 3.05) is 12.4 Å². The molecular formula is C14H23N3O2. The first kappa shape index (κ1) is 15.4. The number of aromatic nitrogens is 2. The first-order valence-electron chi connectivity index (χ1n) is 6.69. The van der Waals surface area contributed by atoms with E-state index < -0.39 is 5.97 Å². The number of hydrogen-bond donors (Lipinski definition) is 1. The fraction of sp³-hybridized carbons (Fsp3) is 0.643. The maximum Gasteiger partial charge on any atom is 0.358 e. The molecule has 1 rings (SSSR count). The van der Waals surface area contributed by atoms with Crippen molar-refractivity contribution in [2.24, 2.45) is 5.92 Å². The van der Waals surface area contributed by atoms with Crippen LogP contribution < -0.4 is 5.32 Å². The molecule has 1 aromatic rings. The van der Waals surface area contributed by atoms with Gasteiger partial charge in [0, 0.05) is 6.04 Å². The van der Waals surface area contributed by atoms with E-state index in [-0.39, 0.29) is 5.69 Å². The van der Waals surface area contributed by atoms with Crippen molar-refractivity contribution in [1.82, 2.24) is 9.97 Å². The van der Waals surface area contributed by atoms with E-state index in [1.165, 1.54) is 26.1 Å². The van der Waals surface area contributed by atoms with Crippen LogP contribution >= 0.6 is 0 Å². The highest BCUT2D eigenvalue weighted by Gasteiger charge is 2.10. The third kappa shape index (κ3) is 5.68. The molecule has 0 aromatic carbocycles. The molecule has 5 nitrogen and oxygen atoms in total. The van der Waals surface area contributed by atoms with Gasteiger partial charge in [-0.2, -0.15) is 0 Å². The van der Waals surface area contributed by atoms with Gasteiger partial charge < -0.3 is 10.1 Å². The van der Waals surface area contributed by atoms with Gasteiger partial charge in [-0.25, -0.2) is 9.78 Å². The minimum absolute atomic E-state index is 0.224. The normalized spacial score (nSPS) is 12.3. The van der Waals surface area contributed by atoms with Gasteiger partial charge in [0.25, 0.3) is 0 Å². The Morgan fingerprint density at radius 1 is 1.32 bits per heavy atom. The van der Waals surface area contributed by atoms with Crippen molar-refractivity contribution >= 4 is 11.8 Å². The van der Waals surface area contributed by atoms with Crippen LogP contribution in [0.4, 0.5) is 5.82 Å². The Kier molecular flexibility index (Phi) is 6.25. The number of ether oxygens (including phenoxy) is 1. The van der Waals surface area contributed by atoms with Gasteiger partial charge in [0.1, 0.15) is 5.82 Å². The Morgan fingerprint density at radius 3 is 2.68 bits per heavy atom. The summed E-state index contributed by atoms with van der Waals surface area (Å²) in [6, 6.07) is 0.306. The van der Waals surface area contributed by atoms with E-state index in [4.69, 9.17) is 0 Å². The summed E-state index contributed by atoms with van der Waals surface area (Å²) in [7, 11) is 1.33. The Bertz CT molecular complexity index is 407. The molecule has 5 heteroatoms. The quantitative estimate of drug-likeness (QED) is 0.768. The molecule has 0 aliphatic carbocycles. The second-order valence-electron chi connectivity index (χ2n) is 5.15. The zero-order valence-corrected chi connectivity index (χ0v) is 12.1. The number of esters is 1. The van der Waals surface area contributed by atoms with Gasteiger partial charge in [0.15, 0.2) is 5.69 Å². The molecule has 0 saturated heterocycles. The molecule has 106 valence electrons. The van der Waals surface area contributed by atoms with E-state index in [2.05, 4.69) is 40.8 Å². The molecule has 1 N–H and O–H groups in total. The highest BCUT2D eigenvalue weighted by Crippen LogP contribution is 2.12. The zero-order valence-electron chi connectivity index (χ0n) is 12.1. The van der Waals surface area contributed by atoms with Crippen LogP contribution in [0, 0.1) is 5.92 Å². The number of methoxy groups -OCH3 is 1. The molecule has 19 heavy (non-hydrogen) atoms. The Labute approximate surface area is 114 Å². The fourth-order valence-corrected chi connectivity index (χ4v) is 1.80. The van der Waals surface area contributed by atoms with Crippen molar-refractivity contribution in [3.63, 3.8) is 0 Å². The molecule has 0 fully saturated rings. The third-order valence-electron chi connectivity index (χ3n) is 2.84. The summed E-state index contributed by atoms with van der Waals surface area (Å²) in [4.78, 5) is 19.5. The van der Waals surface area contributed by atoms with E-state index in [1.807, 2.05) is 0 Å². The van der Waals surface area contributed by atoms with Gasteiger partial charge in [-0.05, 0) is 19.3 Å². The molecular weight excluding hydrogens is 242 g/mol. The van der Waals surface area contributed by atoms with Gasteiger partial charge in [-0.1, -0.05) is 26.7 Å². The number of nitrogens with zero attached hydrogens (tertiary/aromatic N) is 2. The van der Waals surface area contributed by atoms with Gasteiger partial charge in [0.05, 0.1) is 19.5 Å². The number of rotatable bonds is 7. The molecule has 0 aliphatic rings. The minimum Gasteiger partial charge on any atom is -0.464 e. The van der Waals surface area contributed by atoms with Gasteiger partial charge in [-0.3, -0.25) is 4.98 Å². The van der Waals surface area contributed by atoms with Crippen molar-refractivity contribution in [3.05, 3.63) is 18.1 Å². The lowest BCUT2D eigenvalue weighted by molar-refractivity contribution is 0.0593. The molecule has 0 spiro atoms. The second kappa shape index (κ2) is 7.71. The standard InChI is InChI=1S/C14H23N3O2/c1-10(2)6-5-7-11(3)16-13-9-15-8-12(17-13)14(18)19-4/h8-11H,5-7H2,1-4H3,(H,16,17). The minimum atomic E-state index is -0.469. The van der Waals surface area contributed by atoms with Gasteiger partial charge in [0.2, 0.25) is 0 Å². The van der Waals surface area contributed by atoms with Crippen LogP contribution in [0.1, 0.15) is 50.5 Å². The maximum absolute atomic E-state index is 11.3. The van der Waals surface area contributed by atoms with Crippen LogP contribution in [-0.2, 0) is 4.74 Å². The molecule has 0 saturated carbocycles. The van der Waals surface area contributed by atoms with Crippen molar-refractivity contribution in [1.29, 1.82) is 0 Å². The molecule has 1 aromatic heterocycles. The predicted octanol–water partition coefficient (Wildman–Crippen LogP) is 2.89. The van der Waals surface area contributed by atoms with E-state index in [0.717, 1.165) is 12.3 Å². The van der Waals surface area contributed by atoms with E-state index in [1.54, 1.807) is 6.20 Å². The Morgan fingerprint density at radius 2 is 2.05 bits per heavy atom. The molecule has 0 amide bonds. The predicted molar refractivity (Wildman–Crippen MR) is 75.1 cm³/mol. The number of carbonyl (C=O) groups is 1. The lowest BCUT2D eigenvalue weighted by Gasteiger charge is -2.15.